The summed E-state index contributed by atoms with van der Waals surface area (Å²) >= 11 is 6.16. The number of carboxylic acid groups (broad SMARTS) is 1. The van der Waals surface area contributed by atoms with Crippen molar-refractivity contribution in [2.24, 2.45) is 17.8 Å². The van der Waals surface area contributed by atoms with Crippen LogP contribution in [0.1, 0.15) is 101 Å². The van der Waals surface area contributed by atoms with E-state index in [1.54, 1.807) is 21.7 Å². The smallest absolute Gasteiger partial charge is 0.328 e. The van der Waals surface area contributed by atoms with Gasteiger partial charge in [0.15, 0.2) is 0 Å². The number of likely N-dealkylation sites (tertiary alicyclic amines) is 1. The lowest BCUT2D eigenvalue weighted by atomic mass is 9.71. The minimum absolute atomic E-state index is 0.00963. The van der Waals surface area contributed by atoms with Crippen molar-refractivity contribution in [2.75, 3.05) is 26.3 Å². The maximum Gasteiger partial charge on any atom is 0.328 e. The molecule has 2 N–H and O–H groups in total. The topological polar surface area (TPSA) is 123 Å². The molecule has 0 unspecified atom stereocenters. The molecule has 4 aliphatic rings. The molecule has 10 nitrogen and oxygen atoms in total. The van der Waals surface area contributed by atoms with Crippen molar-refractivity contribution in [3.8, 4) is 0 Å². The molecule has 3 atom stereocenters. The van der Waals surface area contributed by atoms with Gasteiger partial charge in [0.25, 0.3) is 0 Å². The molecule has 2 aliphatic heterocycles. The number of rotatable bonds is 9. The van der Waals surface area contributed by atoms with Crippen molar-refractivity contribution in [1.82, 2.24) is 19.8 Å². The van der Waals surface area contributed by atoms with E-state index in [2.05, 4.69) is 17.2 Å². The third-order valence-corrected chi connectivity index (χ3v) is 13.2. The number of carboxylic acids is 1. The first-order valence-corrected chi connectivity index (χ1v) is 20.4. The van der Waals surface area contributed by atoms with Gasteiger partial charge in [-0.1, -0.05) is 31.5 Å². The average Bonchev–Trinajstić information content (AvgIpc) is 3.48. The standard InChI is InChI=1S/C42H54ClFN4O6/c1-3-36-34(23-27-4-9-31(10-5-27)54-32-14-20-53-21-15-32)33-11-8-30(44)24-37(33)48(36)41(52)47-18-16-42(17-19-47,29-7-13-38(43)45-25-29)40(51)46-35-12-6-28(39(49)50)22-26(35)2/h7-8,11,13,24-28,31-32,35H,3-6,9-10,12,14-23H2,1-2H3,(H,46,51)(H,49,50)/t26-,27?,28-,31?,35-/m0/s1. The van der Waals surface area contributed by atoms with E-state index < -0.39 is 17.3 Å². The van der Waals surface area contributed by atoms with Crippen LogP contribution in [0.3, 0.4) is 0 Å². The minimum atomic E-state index is -0.950. The SMILES string of the molecule is CCc1c(CC2CCC(OC3CCOCC3)CC2)c2ccc(F)cc2n1C(=O)N1CCC(C(=O)N[C@H]2CC[C@H](C(=O)O)C[C@@H]2C)(c2ccc(Cl)nc2)CC1. The molecule has 7 rings (SSSR count). The van der Waals surface area contributed by atoms with Crippen molar-refractivity contribution < 1.29 is 33.4 Å². The Kier molecular flexibility index (Phi) is 12.0. The molecule has 2 saturated carbocycles. The third kappa shape index (κ3) is 8.05. The third-order valence-electron chi connectivity index (χ3n) is 12.9. The summed E-state index contributed by atoms with van der Waals surface area (Å²) in [4.78, 5) is 46.7. The summed E-state index contributed by atoms with van der Waals surface area (Å²) in [6.45, 7) is 6.24. The Bertz CT molecular complexity index is 1810. The second-order valence-electron chi connectivity index (χ2n) is 16.2. The van der Waals surface area contributed by atoms with E-state index in [1.807, 2.05) is 19.1 Å². The fourth-order valence-corrected chi connectivity index (χ4v) is 9.82. The number of fused-ring (bicyclic) bond motifs is 1. The first-order valence-electron chi connectivity index (χ1n) is 20.1. The first-order chi connectivity index (χ1) is 26.1. The first kappa shape index (κ1) is 38.7. The number of ether oxygens (including phenoxy) is 2. The number of halogens is 2. The summed E-state index contributed by atoms with van der Waals surface area (Å²) in [6, 6.07) is 7.97. The van der Waals surface area contributed by atoms with E-state index >= 15 is 0 Å². The summed E-state index contributed by atoms with van der Waals surface area (Å²) in [5, 5.41) is 14.1. The second-order valence-corrected chi connectivity index (χ2v) is 16.6. The Morgan fingerprint density at radius 1 is 1.02 bits per heavy atom. The van der Waals surface area contributed by atoms with Gasteiger partial charge in [0, 0.05) is 49.6 Å². The number of hydrogen-bond donors (Lipinski definition) is 2. The lowest BCUT2D eigenvalue weighted by Gasteiger charge is -2.43. The number of amides is 2. The van der Waals surface area contributed by atoms with Crippen molar-refractivity contribution in [1.29, 1.82) is 0 Å². The van der Waals surface area contributed by atoms with Crippen LogP contribution >= 0.6 is 11.6 Å². The van der Waals surface area contributed by atoms with Crippen molar-refractivity contribution >= 4 is 40.4 Å². The molecule has 2 aromatic heterocycles. The van der Waals surface area contributed by atoms with E-state index in [1.165, 1.54) is 12.1 Å². The van der Waals surface area contributed by atoms with E-state index in [4.69, 9.17) is 21.1 Å². The Hall–Kier alpha value is -3.54. The molecule has 1 aromatic carbocycles. The molecular formula is C42H54ClFN4O6. The van der Waals surface area contributed by atoms with Crippen molar-refractivity contribution in [3.05, 3.63) is 64.3 Å². The number of pyridine rings is 1. The highest BCUT2D eigenvalue weighted by molar-refractivity contribution is 6.29. The van der Waals surface area contributed by atoms with Gasteiger partial charge in [0.1, 0.15) is 11.0 Å². The number of nitrogens with zero attached hydrogens (tertiary/aromatic N) is 3. The fraction of sp³-hybridized carbons (Fsp3) is 0.619. The van der Waals surface area contributed by atoms with Crippen LogP contribution in [0.15, 0.2) is 36.5 Å². The molecule has 2 aliphatic carbocycles. The number of piperidine rings is 1. The van der Waals surface area contributed by atoms with Crippen LogP contribution in [0, 0.1) is 23.6 Å². The van der Waals surface area contributed by atoms with Crippen LogP contribution in [0.4, 0.5) is 9.18 Å². The van der Waals surface area contributed by atoms with Gasteiger partial charge < -0.3 is 24.8 Å². The van der Waals surface area contributed by atoms with Gasteiger partial charge in [-0.05, 0) is 131 Å². The van der Waals surface area contributed by atoms with E-state index in [0.717, 1.165) is 80.4 Å². The molecule has 3 aromatic rings. The molecule has 0 bridgehead atoms. The summed E-state index contributed by atoms with van der Waals surface area (Å²) in [6.07, 6.45) is 12.1. The molecule has 0 spiro atoms. The lowest BCUT2D eigenvalue weighted by Crippen LogP contribution is -2.56. The molecule has 12 heteroatoms. The van der Waals surface area contributed by atoms with Crippen LogP contribution in [-0.4, -0.2) is 82.0 Å². The number of benzene rings is 1. The largest absolute Gasteiger partial charge is 0.481 e. The van der Waals surface area contributed by atoms with Crippen LogP contribution in [0.25, 0.3) is 10.9 Å². The van der Waals surface area contributed by atoms with Crippen LogP contribution in [-0.2, 0) is 37.3 Å². The van der Waals surface area contributed by atoms with Gasteiger partial charge in [-0.3, -0.25) is 14.2 Å². The van der Waals surface area contributed by atoms with Crippen molar-refractivity contribution in [3.63, 3.8) is 0 Å². The average molecular weight is 765 g/mol. The summed E-state index contributed by atoms with van der Waals surface area (Å²) in [5.74, 6) is -1.25. The molecule has 2 saturated heterocycles. The molecule has 0 radical (unpaired) electrons. The highest BCUT2D eigenvalue weighted by Gasteiger charge is 2.46. The Morgan fingerprint density at radius 3 is 2.39 bits per heavy atom. The van der Waals surface area contributed by atoms with Crippen LogP contribution < -0.4 is 5.32 Å². The predicted octanol–water partition coefficient (Wildman–Crippen LogP) is 7.70. The Morgan fingerprint density at radius 2 is 1.74 bits per heavy atom. The predicted molar refractivity (Wildman–Crippen MR) is 204 cm³/mol. The van der Waals surface area contributed by atoms with Crippen LogP contribution in [0.2, 0.25) is 5.15 Å². The highest BCUT2D eigenvalue weighted by atomic mass is 35.5. The normalized spacial score (nSPS) is 26.4. The molecule has 292 valence electrons. The fourth-order valence-electron chi connectivity index (χ4n) is 9.71. The number of carbonyl (C=O) groups excluding carboxylic acids is 2. The van der Waals surface area contributed by atoms with Gasteiger partial charge in [-0.15, -0.1) is 0 Å². The van der Waals surface area contributed by atoms with Gasteiger partial charge in [-0.25, -0.2) is 14.2 Å². The highest BCUT2D eigenvalue weighted by Crippen LogP contribution is 2.40. The number of aliphatic carboxylic acids is 1. The van der Waals surface area contributed by atoms with Gasteiger partial charge in [0.2, 0.25) is 5.91 Å². The zero-order valence-corrected chi connectivity index (χ0v) is 32.3. The zero-order valence-electron chi connectivity index (χ0n) is 31.5. The monoisotopic (exact) mass is 764 g/mol. The Balaban J connectivity index is 1.09. The lowest BCUT2D eigenvalue weighted by molar-refractivity contribution is -0.143. The molecule has 4 heterocycles. The minimum Gasteiger partial charge on any atom is -0.481 e. The summed E-state index contributed by atoms with van der Waals surface area (Å²) < 4.78 is 28.6. The number of hydrogen-bond acceptors (Lipinski definition) is 6. The quantitative estimate of drug-likeness (QED) is 0.214. The zero-order chi connectivity index (χ0) is 38.0. The number of aromatic nitrogens is 2. The van der Waals surface area contributed by atoms with Gasteiger partial charge in [-0.2, -0.15) is 0 Å². The molecule has 4 fully saturated rings. The maximum atomic E-state index is 14.9. The van der Waals surface area contributed by atoms with Gasteiger partial charge in [0.05, 0.1) is 29.1 Å². The van der Waals surface area contributed by atoms with E-state index in [-0.39, 0.29) is 41.9 Å². The maximum absolute atomic E-state index is 14.9. The molecular weight excluding hydrogens is 711 g/mol. The number of carbonyl (C=O) groups is 3. The van der Waals surface area contributed by atoms with Gasteiger partial charge >= 0.3 is 12.0 Å². The van der Waals surface area contributed by atoms with Crippen molar-refractivity contribution in [2.45, 2.75) is 121 Å². The van der Waals surface area contributed by atoms with Crippen LogP contribution in [0.5, 0.6) is 0 Å². The molecule has 54 heavy (non-hydrogen) atoms. The van der Waals surface area contributed by atoms with E-state index in [9.17, 15) is 23.9 Å². The number of nitrogens with one attached hydrogen (secondary N) is 1. The summed E-state index contributed by atoms with van der Waals surface area (Å²) in [5.41, 5.74) is 2.42. The Labute approximate surface area is 322 Å². The summed E-state index contributed by atoms with van der Waals surface area (Å²) in [7, 11) is 0. The van der Waals surface area contributed by atoms with E-state index in [0.29, 0.717) is 68.2 Å². The second kappa shape index (κ2) is 16.7. The molecule has 2 amide bonds.